The summed E-state index contributed by atoms with van der Waals surface area (Å²) in [6.07, 6.45) is -0.254. The number of aryl methyl sites for hydroxylation is 1. The van der Waals surface area contributed by atoms with Crippen LogP contribution in [0.5, 0.6) is 5.75 Å². The lowest BCUT2D eigenvalue weighted by atomic mass is 10.1. The number of carbonyl (C=O) groups is 1. The van der Waals surface area contributed by atoms with E-state index < -0.39 is 17.9 Å². The lowest BCUT2D eigenvalue weighted by molar-refractivity contribution is 0.0734. The third kappa shape index (κ3) is 6.44. The zero-order valence-corrected chi connectivity index (χ0v) is 14.4. The molecule has 0 saturated carbocycles. The fourth-order valence-electron chi connectivity index (χ4n) is 1.97. The standard InChI is InChI=1S/C18H12F3NO2.C2H6/c19-16-10-15(9-8-14(16)11-22)24-18(23)13-6-4-12(5-7-13)2-1-3-17(20)21;1-2/h3-10H,1-2H2;1-2H3. The Morgan fingerprint density at radius 3 is 2.35 bits per heavy atom. The molecule has 2 aromatic rings. The van der Waals surface area contributed by atoms with Gasteiger partial charge in [0, 0.05) is 6.07 Å². The molecule has 0 radical (unpaired) electrons. The van der Waals surface area contributed by atoms with E-state index in [9.17, 15) is 18.0 Å². The molecule has 0 aliphatic heterocycles. The van der Waals surface area contributed by atoms with Crippen molar-refractivity contribution in [3.05, 3.63) is 77.1 Å². The first-order valence-corrected chi connectivity index (χ1v) is 8.01. The molecule has 0 bridgehead atoms. The topological polar surface area (TPSA) is 50.1 Å². The Morgan fingerprint density at radius 1 is 1.15 bits per heavy atom. The molecule has 0 aliphatic carbocycles. The van der Waals surface area contributed by atoms with E-state index in [0.29, 0.717) is 6.42 Å². The summed E-state index contributed by atoms with van der Waals surface area (Å²) in [4.78, 5) is 12.0. The van der Waals surface area contributed by atoms with Gasteiger partial charge >= 0.3 is 5.97 Å². The van der Waals surface area contributed by atoms with E-state index in [1.54, 1.807) is 18.2 Å². The smallest absolute Gasteiger partial charge is 0.343 e. The molecule has 0 unspecified atom stereocenters. The maximum Gasteiger partial charge on any atom is 0.343 e. The molecular formula is C20H18F3NO2. The van der Waals surface area contributed by atoms with Crippen molar-refractivity contribution in [3.63, 3.8) is 0 Å². The van der Waals surface area contributed by atoms with Crippen LogP contribution in [0.25, 0.3) is 0 Å². The predicted molar refractivity (Wildman–Crippen MR) is 92.5 cm³/mol. The van der Waals surface area contributed by atoms with Crippen molar-refractivity contribution >= 4 is 5.97 Å². The molecule has 0 N–H and O–H groups in total. The van der Waals surface area contributed by atoms with E-state index in [1.807, 2.05) is 13.8 Å². The largest absolute Gasteiger partial charge is 0.423 e. The maximum absolute atomic E-state index is 13.5. The zero-order chi connectivity index (χ0) is 19.5. The highest BCUT2D eigenvalue weighted by molar-refractivity contribution is 5.91. The van der Waals surface area contributed by atoms with Crippen molar-refractivity contribution in [2.75, 3.05) is 0 Å². The lowest BCUT2D eigenvalue weighted by Gasteiger charge is -2.06. The molecule has 6 heteroatoms. The molecular weight excluding hydrogens is 343 g/mol. The summed E-state index contributed by atoms with van der Waals surface area (Å²) >= 11 is 0. The second-order valence-electron chi connectivity index (χ2n) is 4.87. The van der Waals surface area contributed by atoms with Crippen LogP contribution in [0, 0.1) is 17.1 Å². The number of hydrogen-bond donors (Lipinski definition) is 0. The Labute approximate surface area is 150 Å². The van der Waals surface area contributed by atoms with Gasteiger partial charge in [-0.15, -0.1) is 0 Å². The lowest BCUT2D eigenvalue weighted by Crippen LogP contribution is -2.08. The average molecular weight is 361 g/mol. The van der Waals surface area contributed by atoms with Crippen LogP contribution in [-0.4, -0.2) is 5.97 Å². The minimum absolute atomic E-state index is 0.0101. The van der Waals surface area contributed by atoms with Crippen LogP contribution in [-0.2, 0) is 6.42 Å². The Kier molecular flexibility index (Phi) is 8.65. The molecule has 0 aliphatic rings. The molecule has 26 heavy (non-hydrogen) atoms. The molecule has 0 atom stereocenters. The van der Waals surface area contributed by atoms with Crippen LogP contribution in [0.4, 0.5) is 13.2 Å². The first kappa shape index (κ1) is 21.0. The van der Waals surface area contributed by atoms with Crippen molar-refractivity contribution < 1.29 is 22.7 Å². The number of benzene rings is 2. The highest BCUT2D eigenvalue weighted by Gasteiger charge is 2.10. The van der Waals surface area contributed by atoms with E-state index in [0.717, 1.165) is 17.7 Å². The van der Waals surface area contributed by atoms with Crippen LogP contribution >= 0.6 is 0 Å². The average Bonchev–Trinajstić information content (AvgIpc) is 2.64. The number of esters is 1. The fraction of sp³-hybridized carbons (Fsp3) is 0.200. The first-order chi connectivity index (χ1) is 12.5. The molecule has 0 aromatic heterocycles. The molecule has 0 fully saturated rings. The molecule has 3 nitrogen and oxygen atoms in total. The highest BCUT2D eigenvalue weighted by Crippen LogP contribution is 2.18. The molecule has 0 saturated heterocycles. The minimum atomic E-state index is -1.72. The number of carbonyl (C=O) groups excluding carboxylic acids is 1. The number of nitrogens with zero attached hydrogens (tertiary/aromatic N) is 1. The normalized spacial score (nSPS) is 9.38. The zero-order valence-electron chi connectivity index (χ0n) is 14.4. The van der Waals surface area contributed by atoms with E-state index in [4.69, 9.17) is 10.00 Å². The Morgan fingerprint density at radius 2 is 1.81 bits per heavy atom. The number of nitriles is 1. The maximum atomic E-state index is 13.5. The molecule has 0 heterocycles. The fourth-order valence-corrected chi connectivity index (χ4v) is 1.97. The second kappa shape index (κ2) is 10.7. The van der Waals surface area contributed by atoms with Gasteiger partial charge in [-0.25, -0.2) is 9.18 Å². The molecule has 0 amide bonds. The van der Waals surface area contributed by atoms with Crippen LogP contribution in [0.1, 0.15) is 41.8 Å². The van der Waals surface area contributed by atoms with Crippen molar-refractivity contribution in [3.8, 4) is 11.8 Å². The van der Waals surface area contributed by atoms with Crippen LogP contribution in [0.3, 0.4) is 0 Å². The number of allylic oxidation sites excluding steroid dienone is 1. The summed E-state index contributed by atoms with van der Waals surface area (Å²) < 4.78 is 42.4. The Bertz CT molecular complexity index is 805. The number of halogens is 3. The third-order valence-corrected chi connectivity index (χ3v) is 3.19. The van der Waals surface area contributed by atoms with E-state index in [1.165, 1.54) is 24.3 Å². The molecule has 136 valence electrons. The summed E-state index contributed by atoms with van der Waals surface area (Å²) in [6, 6.07) is 11.5. The quantitative estimate of drug-likeness (QED) is 0.510. The molecule has 2 rings (SSSR count). The molecule has 2 aromatic carbocycles. The monoisotopic (exact) mass is 361 g/mol. The summed E-state index contributed by atoms with van der Waals surface area (Å²) in [5, 5.41) is 8.64. The van der Waals surface area contributed by atoms with E-state index in [2.05, 4.69) is 0 Å². The van der Waals surface area contributed by atoms with Gasteiger partial charge in [0.05, 0.1) is 11.1 Å². The van der Waals surface area contributed by atoms with Crippen molar-refractivity contribution in [2.45, 2.75) is 26.7 Å². The first-order valence-electron chi connectivity index (χ1n) is 8.01. The van der Waals surface area contributed by atoms with Gasteiger partial charge in [0.25, 0.3) is 6.08 Å². The van der Waals surface area contributed by atoms with Gasteiger partial charge < -0.3 is 4.74 Å². The predicted octanol–water partition coefficient (Wildman–Crippen LogP) is 5.66. The van der Waals surface area contributed by atoms with Gasteiger partial charge in [-0.2, -0.15) is 14.0 Å². The van der Waals surface area contributed by atoms with E-state index >= 15 is 0 Å². The number of rotatable bonds is 5. The summed E-state index contributed by atoms with van der Waals surface area (Å²) in [5.74, 6) is -1.46. The Balaban J connectivity index is 0.00000163. The van der Waals surface area contributed by atoms with Gasteiger partial charge in [-0.3, -0.25) is 0 Å². The van der Waals surface area contributed by atoms with Gasteiger partial charge in [-0.1, -0.05) is 26.0 Å². The van der Waals surface area contributed by atoms with Crippen molar-refractivity contribution in [1.82, 2.24) is 0 Å². The minimum Gasteiger partial charge on any atom is -0.423 e. The van der Waals surface area contributed by atoms with Crippen LogP contribution in [0.2, 0.25) is 0 Å². The number of hydrogen-bond acceptors (Lipinski definition) is 3. The van der Waals surface area contributed by atoms with Gasteiger partial charge in [0.1, 0.15) is 17.6 Å². The van der Waals surface area contributed by atoms with Gasteiger partial charge in [0.15, 0.2) is 0 Å². The SMILES string of the molecule is CC.N#Cc1ccc(OC(=O)c2ccc(CCC=C(F)F)cc2)cc1F. The van der Waals surface area contributed by atoms with Crippen molar-refractivity contribution in [1.29, 1.82) is 5.26 Å². The third-order valence-electron chi connectivity index (χ3n) is 3.19. The van der Waals surface area contributed by atoms with Crippen molar-refractivity contribution in [2.24, 2.45) is 0 Å². The van der Waals surface area contributed by atoms with Gasteiger partial charge in [0.2, 0.25) is 0 Å². The summed E-state index contributed by atoms with van der Waals surface area (Å²) in [6.45, 7) is 4.00. The van der Waals surface area contributed by atoms with Crippen LogP contribution in [0.15, 0.2) is 54.6 Å². The second-order valence-corrected chi connectivity index (χ2v) is 4.87. The molecule has 0 spiro atoms. The summed E-state index contributed by atoms with van der Waals surface area (Å²) in [7, 11) is 0. The summed E-state index contributed by atoms with van der Waals surface area (Å²) in [5.41, 5.74) is 0.905. The van der Waals surface area contributed by atoms with Gasteiger partial charge in [-0.05, 0) is 48.7 Å². The highest BCUT2D eigenvalue weighted by atomic mass is 19.3. The van der Waals surface area contributed by atoms with Crippen LogP contribution < -0.4 is 4.74 Å². The Hall–Kier alpha value is -3.07. The van der Waals surface area contributed by atoms with E-state index in [-0.39, 0.29) is 23.3 Å². The number of ether oxygens (including phenoxy) is 1.